The molecule has 0 atom stereocenters. The molecule has 2 aliphatic rings. The van der Waals surface area contributed by atoms with E-state index in [0.29, 0.717) is 0 Å². The zero-order valence-electron chi connectivity index (χ0n) is 33.2. The summed E-state index contributed by atoms with van der Waals surface area (Å²) in [5.74, 6) is -4.31. The maximum atomic E-state index is 13.4. The van der Waals surface area contributed by atoms with Crippen molar-refractivity contribution in [3.63, 3.8) is 0 Å². The fraction of sp³-hybridized carbons (Fsp3) is 0.263. The number of aromatic carboxylic acids is 1. The molecule has 0 aromatic heterocycles. The van der Waals surface area contributed by atoms with Crippen LogP contribution in [0.1, 0.15) is 27.1 Å². The van der Waals surface area contributed by atoms with Crippen LogP contribution in [0, 0.1) is 5.41 Å². The van der Waals surface area contributed by atoms with Gasteiger partial charge in [-0.05, 0) is 48.0 Å². The zero-order valence-corrected chi connectivity index (χ0v) is 37.2. The number of nitrogens with two attached hydrogens (primary N) is 1. The van der Waals surface area contributed by atoms with Crippen molar-refractivity contribution < 1.29 is 86.5 Å². The van der Waals surface area contributed by atoms with Gasteiger partial charge in [0, 0.05) is 23.1 Å². The number of anilines is 1. The van der Waals surface area contributed by atoms with Crippen molar-refractivity contribution in [3.05, 3.63) is 81.1 Å². The Bertz CT molecular complexity index is 2990. The molecule has 22 nitrogen and oxygen atoms in total. The number of hydrogen-bond acceptors (Lipinski definition) is 17. The second-order valence-corrected chi connectivity index (χ2v) is 18.2. The summed E-state index contributed by atoms with van der Waals surface area (Å²) in [5, 5.41) is 19.5. The number of halogens is 2. The summed E-state index contributed by atoms with van der Waals surface area (Å²) < 4.78 is 134. The van der Waals surface area contributed by atoms with Crippen LogP contribution < -0.4 is 21.1 Å². The molecule has 0 fully saturated rings. The van der Waals surface area contributed by atoms with Crippen LogP contribution in [-0.2, 0) is 54.1 Å². The molecule has 3 aromatic carbocycles. The van der Waals surface area contributed by atoms with Gasteiger partial charge < -0.3 is 44.3 Å². The lowest BCUT2D eigenvalue weighted by molar-refractivity contribution is -0.135. The molecule has 0 saturated heterocycles. The summed E-state index contributed by atoms with van der Waals surface area (Å²) in [7, 11) is -15.0. The first-order chi connectivity index (χ1) is 30.5. The van der Waals surface area contributed by atoms with Crippen molar-refractivity contribution in [2.45, 2.75) is 21.1 Å². The van der Waals surface area contributed by atoms with Crippen molar-refractivity contribution in [2.24, 2.45) is 0 Å². The molecule has 27 heteroatoms. The highest BCUT2D eigenvalue weighted by Crippen LogP contribution is 2.46. The first-order valence-corrected chi connectivity index (χ1v) is 23.5. The predicted octanol–water partition coefficient (Wildman–Crippen LogP) is 3.80. The molecule has 0 saturated carbocycles. The Morgan fingerprint density at radius 1 is 0.723 bits per heavy atom. The van der Waals surface area contributed by atoms with E-state index in [-0.39, 0.29) is 109 Å². The Labute approximate surface area is 379 Å². The molecule has 0 unspecified atom stereocenters. The van der Waals surface area contributed by atoms with Crippen LogP contribution in [0.15, 0.2) is 73.7 Å². The molecule has 0 spiro atoms. The molecule has 8 N–H and O–H groups in total. The number of benzene rings is 4. The van der Waals surface area contributed by atoms with Gasteiger partial charge >= 0.3 is 11.9 Å². The number of rotatable bonds is 22. The van der Waals surface area contributed by atoms with E-state index in [9.17, 15) is 53.8 Å². The monoisotopic (exact) mass is 1010 g/mol. The van der Waals surface area contributed by atoms with Gasteiger partial charge in [-0.2, -0.15) is 25.3 Å². The molecule has 350 valence electrons. The average molecular weight is 1010 g/mol. The van der Waals surface area contributed by atoms with Gasteiger partial charge in [-0.15, -0.1) is 0 Å². The molecular weight excluding hydrogens is 970 g/mol. The number of carboxylic acids is 1. The molecular formula is C38H37Cl2N3O19S3. The second kappa shape index (κ2) is 21.3. The number of fused-ring (bicyclic) bond motifs is 2. The van der Waals surface area contributed by atoms with Crippen LogP contribution in [0.5, 0.6) is 5.75 Å². The van der Waals surface area contributed by atoms with E-state index in [2.05, 4.69) is 5.32 Å². The van der Waals surface area contributed by atoms with E-state index in [1.807, 2.05) is 0 Å². The molecule has 1 aliphatic heterocycles. The van der Waals surface area contributed by atoms with Gasteiger partial charge in [0.15, 0.2) is 26.9 Å². The van der Waals surface area contributed by atoms with E-state index in [1.165, 1.54) is 30.3 Å². The van der Waals surface area contributed by atoms with E-state index < -0.39 is 90.8 Å². The van der Waals surface area contributed by atoms with Crippen LogP contribution >= 0.6 is 23.2 Å². The topological polar surface area (TPSA) is 356 Å². The van der Waals surface area contributed by atoms with Crippen LogP contribution in [0.3, 0.4) is 0 Å². The number of nitrogens with one attached hydrogen (secondary N) is 2. The molecule has 0 radical (unpaired) electrons. The third-order valence-electron chi connectivity index (χ3n) is 8.89. The van der Waals surface area contributed by atoms with Crippen molar-refractivity contribution >= 4 is 88.1 Å². The lowest BCUT2D eigenvalue weighted by Gasteiger charge is -2.20. The molecule has 1 heterocycles. The Morgan fingerprint density at radius 2 is 1.29 bits per heavy atom. The predicted molar refractivity (Wildman–Crippen MR) is 227 cm³/mol. The molecule has 1 amide bonds. The lowest BCUT2D eigenvalue weighted by atomic mass is 9.88. The Morgan fingerprint density at radius 3 is 1.85 bits per heavy atom. The number of carboxylic acid groups (broad SMARTS) is 1. The van der Waals surface area contributed by atoms with Gasteiger partial charge in [0.2, 0.25) is 0 Å². The van der Waals surface area contributed by atoms with Gasteiger partial charge in [-0.3, -0.25) is 28.7 Å². The quantitative estimate of drug-likeness (QED) is 0.0129. The number of nitrogen functional groups attached to an aromatic ring is 1. The summed E-state index contributed by atoms with van der Waals surface area (Å²) in [6.07, 6.45) is -0.197. The molecule has 65 heavy (non-hydrogen) atoms. The lowest BCUT2D eigenvalue weighted by Crippen LogP contribution is -2.29. The molecule has 3 aromatic rings. The van der Waals surface area contributed by atoms with Crippen LogP contribution in [0.25, 0.3) is 33.4 Å². The van der Waals surface area contributed by atoms with Gasteiger partial charge in [0.05, 0.1) is 96.4 Å². The highest BCUT2D eigenvalue weighted by molar-refractivity contribution is 7.86. The van der Waals surface area contributed by atoms with E-state index in [0.717, 1.165) is 24.3 Å². The van der Waals surface area contributed by atoms with Gasteiger partial charge in [0.1, 0.15) is 0 Å². The maximum absolute atomic E-state index is 13.4. The van der Waals surface area contributed by atoms with E-state index >= 15 is 0 Å². The Hall–Kier alpha value is -5.29. The summed E-state index contributed by atoms with van der Waals surface area (Å²) in [5.41, 5.74) is 2.94. The van der Waals surface area contributed by atoms with Gasteiger partial charge in [-0.1, -0.05) is 35.3 Å². The molecule has 0 bridgehead atoms. The Kier molecular flexibility index (Phi) is 16.7. The van der Waals surface area contributed by atoms with E-state index in [1.54, 1.807) is 0 Å². The number of amides is 1. The van der Waals surface area contributed by atoms with Crippen LogP contribution in [-0.4, -0.2) is 121 Å². The van der Waals surface area contributed by atoms with Gasteiger partial charge in [0.25, 0.3) is 36.3 Å². The standard InChI is InChI=1S/C38H37Cl2N3O19S3/c39-25-18-20(63(48,49)50)19-26(40)34(25)61-29(44)8-10-57-12-14-59-16-17-60-15-13-58-11-9-43-37(45)24-3-1-2-21(31(24)38(46)47)30-22-4-6-27(41)35(64(51,52)53)32(22)62-33-23(30)5-7-28(42)36(33)65(54,55)56/h1-7,18-19,41H,8-17,42H2,(H,43,45)(H,46,47)(H,48,49,50)(H,51,52,53)(H,54,55,56). The highest BCUT2D eigenvalue weighted by Gasteiger charge is 2.33. The summed E-state index contributed by atoms with van der Waals surface area (Å²) >= 11 is 11.8. The normalized spacial score (nSPS) is 12.1. The summed E-state index contributed by atoms with van der Waals surface area (Å²) in [4.78, 5) is 35.7. The van der Waals surface area contributed by atoms with Crippen LogP contribution in [0.2, 0.25) is 10.0 Å². The van der Waals surface area contributed by atoms with Crippen molar-refractivity contribution in [3.8, 4) is 28.2 Å². The second-order valence-electron chi connectivity index (χ2n) is 13.3. The maximum Gasteiger partial charge on any atom is 0.337 e. The first kappa shape index (κ1) is 50.7. The summed E-state index contributed by atoms with van der Waals surface area (Å²) in [6.45, 7) is 0.749. The average Bonchev–Trinajstić information content (AvgIpc) is 3.20. The third-order valence-corrected chi connectivity index (χ3v) is 12.1. The highest BCUT2D eigenvalue weighted by atomic mass is 35.5. The number of hydrogen-bond donors (Lipinski definition) is 7. The first-order valence-electron chi connectivity index (χ1n) is 18.5. The minimum absolute atomic E-state index is 0.0257. The van der Waals surface area contributed by atoms with E-state index in [4.69, 9.17) is 67.0 Å². The number of esters is 1. The van der Waals surface area contributed by atoms with Crippen molar-refractivity contribution in [1.82, 2.24) is 5.32 Å². The molecule has 5 rings (SSSR count). The minimum Gasteiger partial charge on any atom is -0.478 e. The zero-order chi connectivity index (χ0) is 47.9. The summed E-state index contributed by atoms with van der Waals surface area (Å²) in [6, 6.07) is 9.94. The fourth-order valence-corrected chi connectivity index (χ4v) is 8.88. The SMILES string of the molecule is N=c1ccc2c(-c3cccc(C(=O)NCCOCCOCCOCCOCCC(=O)Oc4c(Cl)cc(S(=O)(=O)O)cc4Cl)c3C(=O)O)c3ccc(N)c(S(=O)(=O)O)c3oc-2c1S(=O)(=O)O. The van der Waals surface area contributed by atoms with Crippen molar-refractivity contribution in [2.75, 3.05) is 65.1 Å². The fourth-order valence-electron chi connectivity index (χ4n) is 6.17. The molecule has 1 aliphatic carbocycles. The number of ether oxygens (including phenoxy) is 5. The van der Waals surface area contributed by atoms with Crippen molar-refractivity contribution in [1.29, 1.82) is 5.41 Å². The largest absolute Gasteiger partial charge is 0.478 e. The van der Waals surface area contributed by atoms with Gasteiger partial charge in [-0.25, -0.2) is 4.79 Å². The van der Waals surface area contributed by atoms with Crippen LogP contribution in [0.4, 0.5) is 5.69 Å². The third kappa shape index (κ3) is 12.5. The Balaban J connectivity index is 1.10. The smallest absolute Gasteiger partial charge is 0.337 e. The number of carbonyl (C=O) groups is 3. The number of carbonyl (C=O) groups excluding carboxylic acids is 2. The minimum atomic E-state index is -5.24.